The summed E-state index contributed by atoms with van der Waals surface area (Å²) in [6.07, 6.45) is 0. The lowest BCUT2D eigenvalue weighted by atomic mass is 10.3. The van der Waals surface area contributed by atoms with E-state index in [0.29, 0.717) is 0 Å². The zero-order valence-electron chi connectivity index (χ0n) is 18.9. The van der Waals surface area contributed by atoms with Gasteiger partial charge in [-0.1, -0.05) is 18.2 Å². The number of aliphatic carboxylic acids is 5. The number of carboxylic acids is 5. The molecule has 1 rings (SSSR count). The molecule has 15 nitrogen and oxygen atoms in total. The van der Waals surface area contributed by atoms with Crippen LogP contribution in [0.2, 0.25) is 0 Å². The second-order valence-electron chi connectivity index (χ2n) is 7.18. The Balaban J connectivity index is 0.00000121. The second kappa shape index (κ2) is 17.7. The van der Waals surface area contributed by atoms with Crippen molar-refractivity contribution in [3.8, 4) is 0 Å². The standard InChI is InChI=1S/C14H23N3O10.C6H8N2/c18-10(19)5-15(1-3-16(6-11(20)21)7-12(22)23)2-4-17(8-13(24)25)9-14(26)27;7-8-6-4-2-1-3-5-6/h1-9H2,(H,18,19)(H,20,21)(H,22,23)(H,24,25)(H,26,27);1-5,8H,7H2. The van der Waals surface area contributed by atoms with E-state index in [-0.39, 0.29) is 26.2 Å². The molecule has 0 saturated carbocycles. The lowest BCUT2D eigenvalue weighted by molar-refractivity contribution is -0.143. The first-order valence-electron chi connectivity index (χ1n) is 10.2. The number of carbonyl (C=O) groups is 5. The molecule has 0 spiro atoms. The van der Waals surface area contributed by atoms with Crippen LogP contribution in [-0.2, 0) is 24.0 Å². The maximum absolute atomic E-state index is 11.0. The van der Waals surface area contributed by atoms with Crippen molar-refractivity contribution in [2.45, 2.75) is 0 Å². The van der Waals surface area contributed by atoms with Gasteiger partial charge >= 0.3 is 29.8 Å². The summed E-state index contributed by atoms with van der Waals surface area (Å²) in [6, 6.07) is 9.60. The van der Waals surface area contributed by atoms with Gasteiger partial charge in [0.05, 0.1) is 32.7 Å². The molecule has 15 heteroatoms. The van der Waals surface area contributed by atoms with Crippen molar-refractivity contribution in [3.63, 3.8) is 0 Å². The monoisotopic (exact) mass is 501 g/mol. The van der Waals surface area contributed by atoms with Crippen LogP contribution in [0.15, 0.2) is 30.3 Å². The second-order valence-corrected chi connectivity index (χ2v) is 7.18. The summed E-state index contributed by atoms with van der Waals surface area (Å²) in [5, 5.41) is 44.1. The summed E-state index contributed by atoms with van der Waals surface area (Å²) in [6.45, 7) is -2.74. The molecule has 0 fully saturated rings. The van der Waals surface area contributed by atoms with Gasteiger partial charge in [0.15, 0.2) is 0 Å². The molecule has 0 aromatic heterocycles. The Morgan fingerprint density at radius 2 is 0.857 bits per heavy atom. The topological polar surface area (TPSA) is 234 Å². The quantitative estimate of drug-likeness (QED) is 0.0929. The third-order valence-electron chi connectivity index (χ3n) is 4.20. The number of nitrogens with one attached hydrogen (secondary N) is 1. The van der Waals surface area contributed by atoms with E-state index in [0.717, 1.165) is 15.5 Å². The highest BCUT2D eigenvalue weighted by atomic mass is 16.4. The Morgan fingerprint density at radius 1 is 0.571 bits per heavy atom. The van der Waals surface area contributed by atoms with Crippen molar-refractivity contribution in [2.75, 3.05) is 64.3 Å². The van der Waals surface area contributed by atoms with Gasteiger partial charge in [-0.05, 0) is 12.1 Å². The van der Waals surface area contributed by atoms with E-state index in [1.54, 1.807) is 0 Å². The van der Waals surface area contributed by atoms with Gasteiger partial charge in [0.1, 0.15) is 0 Å². The van der Waals surface area contributed by atoms with Crippen molar-refractivity contribution >= 4 is 35.5 Å². The molecular formula is C20H31N5O10. The fourth-order valence-electron chi connectivity index (χ4n) is 2.75. The molecule has 0 aliphatic heterocycles. The van der Waals surface area contributed by atoms with Crippen LogP contribution >= 0.6 is 0 Å². The summed E-state index contributed by atoms with van der Waals surface area (Å²) >= 11 is 0. The zero-order valence-corrected chi connectivity index (χ0v) is 18.9. The molecule has 0 unspecified atom stereocenters. The number of carboxylic acid groups (broad SMARTS) is 5. The summed E-state index contributed by atoms with van der Waals surface area (Å²) in [7, 11) is 0. The summed E-state index contributed by atoms with van der Waals surface area (Å²) in [4.78, 5) is 57.6. The van der Waals surface area contributed by atoms with Crippen molar-refractivity contribution in [1.29, 1.82) is 0 Å². The SMILES string of the molecule is NNc1ccccc1.O=C(O)CN(CCN(CC(=O)O)CC(=O)O)CCN(CC(=O)O)CC(=O)O. The van der Waals surface area contributed by atoms with Gasteiger partial charge in [0.2, 0.25) is 0 Å². The molecule has 8 N–H and O–H groups in total. The summed E-state index contributed by atoms with van der Waals surface area (Å²) < 4.78 is 0. The molecule has 0 saturated heterocycles. The van der Waals surface area contributed by atoms with E-state index >= 15 is 0 Å². The van der Waals surface area contributed by atoms with E-state index in [2.05, 4.69) is 5.43 Å². The molecule has 0 amide bonds. The first kappa shape index (κ1) is 31.2. The Morgan fingerprint density at radius 3 is 1.11 bits per heavy atom. The largest absolute Gasteiger partial charge is 0.480 e. The zero-order chi connectivity index (χ0) is 26.8. The Hall–Kier alpha value is -3.79. The van der Waals surface area contributed by atoms with Crippen molar-refractivity contribution in [1.82, 2.24) is 14.7 Å². The normalized spacial score (nSPS) is 10.5. The lowest BCUT2D eigenvalue weighted by Gasteiger charge is -2.27. The first-order chi connectivity index (χ1) is 16.4. The smallest absolute Gasteiger partial charge is 0.317 e. The van der Waals surface area contributed by atoms with Crippen LogP contribution in [0, 0.1) is 0 Å². The molecular weight excluding hydrogens is 470 g/mol. The number of hydrogen-bond acceptors (Lipinski definition) is 10. The predicted molar refractivity (Wildman–Crippen MR) is 122 cm³/mol. The van der Waals surface area contributed by atoms with Gasteiger partial charge in [0.25, 0.3) is 0 Å². The highest BCUT2D eigenvalue weighted by Gasteiger charge is 2.19. The average molecular weight is 501 g/mol. The third kappa shape index (κ3) is 18.3. The molecule has 35 heavy (non-hydrogen) atoms. The number of benzene rings is 1. The molecule has 0 heterocycles. The molecule has 0 aliphatic rings. The fourth-order valence-corrected chi connectivity index (χ4v) is 2.75. The lowest BCUT2D eigenvalue weighted by Crippen LogP contribution is -2.45. The Bertz CT molecular complexity index is 752. The number of para-hydroxylation sites is 1. The highest BCUT2D eigenvalue weighted by Crippen LogP contribution is 2.00. The minimum Gasteiger partial charge on any atom is -0.480 e. The van der Waals surface area contributed by atoms with Gasteiger partial charge < -0.3 is 31.0 Å². The van der Waals surface area contributed by atoms with Gasteiger partial charge in [-0.2, -0.15) is 0 Å². The Kier molecular flexibility index (Phi) is 15.7. The van der Waals surface area contributed by atoms with E-state index in [4.69, 9.17) is 31.4 Å². The molecule has 0 atom stereocenters. The number of nitrogen functional groups attached to an aromatic ring is 1. The van der Waals surface area contributed by atoms with Crippen molar-refractivity contribution in [3.05, 3.63) is 30.3 Å². The molecule has 0 bridgehead atoms. The number of nitrogens with two attached hydrogens (primary N) is 1. The van der Waals surface area contributed by atoms with Gasteiger partial charge in [-0.25, -0.2) is 0 Å². The van der Waals surface area contributed by atoms with Gasteiger partial charge in [0, 0.05) is 31.9 Å². The van der Waals surface area contributed by atoms with Crippen LogP contribution in [0.4, 0.5) is 5.69 Å². The molecule has 1 aromatic rings. The Labute approximate surface area is 200 Å². The fraction of sp³-hybridized carbons (Fsp3) is 0.450. The van der Waals surface area contributed by atoms with Gasteiger partial charge in [-0.15, -0.1) is 0 Å². The van der Waals surface area contributed by atoms with E-state index < -0.39 is 62.6 Å². The van der Waals surface area contributed by atoms with Crippen LogP contribution in [0.1, 0.15) is 0 Å². The number of hydrogen-bond donors (Lipinski definition) is 7. The number of hydrazine groups is 1. The maximum atomic E-state index is 11.0. The molecule has 0 aliphatic carbocycles. The molecule has 0 radical (unpaired) electrons. The van der Waals surface area contributed by atoms with Crippen LogP contribution in [0.3, 0.4) is 0 Å². The maximum Gasteiger partial charge on any atom is 0.317 e. The molecule has 196 valence electrons. The highest BCUT2D eigenvalue weighted by molar-refractivity contribution is 5.73. The average Bonchev–Trinajstić information content (AvgIpc) is 2.74. The van der Waals surface area contributed by atoms with E-state index in [9.17, 15) is 24.0 Å². The molecule has 1 aromatic carbocycles. The van der Waals surface area contributed by atoms with Crippen LogP contribution in [0.25, 0.3) is 0 Å². The third-order valence-corrected chi connectivity index (χ3v) is 4.20. The van der Waals surface area contributed by atoms with Gasteiger partial charge in [-0.3, -0.25) is 44.5 Å². The minimum atomic E-state index is -1.24. The van der Waals surface area contributed by atoms with Crippen LogP contribution in [-0.4, -0.2) is 129 Å². The van der Waals surface area contributed by atoms with Crippen molar-refractivity contribution in [2.24, 2.45) is 5.84 Å². The number of anilines is 1. The number of nitrogens with zero attached hydrogens (tertiary/aromatic N) is 3. The minimum absolute atomic E-state index is 0.000836. The first-order valence-corrected chi connectivity index (χ1v) is 10.2. The van der Waals surface area contributed by atoms with Crippen LogP contribution < -0.4 is 11.3 Å². The van der Waals surface area contributed by atoms with E-state index in [1.165, 1.54) is 4.90 Å². The van der Waals surface area contributed by atoms with Crippen molar-refractivity contribution < 1.29 is 49.5 Å². The predicted octanol–water partition coefficient (Wildman–Crippen LogP) is -1.71. The van der Waals surface area contributed by atoms with Crippen LogP contribution in [0.5, 0.6) is 0 Å². The summed E-state index contributed by atoms with van der Waals surface area (Å²) in [5.74, 6) is -1.06. The number of rotatable bonds is 17. The summed E-state index contributed by atoms with van der Waals surface area (Å²) in [5.41, 5.74) is 3.46. The van der Waals surface area contributed by atoms with E-state index in [1.807, 2.05) is 30.3 Å².